The van der Waals surface area contributed by atoms with Crippen molar-refractivity contribution in [2.75, 3.05) is 13.1 Å². The second-order valence-corrected chi connectivity index (χ2v) is 4.23. The zero-order chi connectivity index (χ0) is 12.8. The molecule has 4 N–H and O–H groups in total. The Morgan fingerprint density at radius 2 is 1.81 bits per heavy atom. The highest BCUT2D eigenvalue weighted by Gasteiger charge is 2.34. The molecule has 0 aliphatic heterocycles. The smallest absolute Gasteiger partial charge is 0.232 e. The van der Waals surface area contributed by atoms with E-state index in [0.29, 0.717) is 19.5 Å². The third-order valence-electron chi connectivity index (χ3n) is 2.54. The minimum absolute atomic E-state index is 0.123. The first-order valence-corrected chi connectivity index (χ1v) is 5.58. The van der Waals surface area contributed by atoms with Gasteiger partial charge in [0.1, 0.15) is 0 Å². The molecule has 0 aliphatic rings. The minimum Gasteiger partial charge on any atom is -0.392 e. The number of thiocarbonyl (C=S) groups is 1. The van der Waals surface area contributed by atoms with E-state index in [4.69, 9.17) is 18.0 Å². The van der Waals surface area contributed by atoms with Crippen molar-refractivity contribution in [3.63, 3.8) is 0 Å². The van der Waals surface area contributed by atoms with Gasteiger partial charge in [-0.2, -0.15) is 0 Å². The highest BCUT2D eigenvalue weighted by atomic mass is 32.1. The normalized spacial score (nSPS) is 13.7. The number of rotatable bonds is 6. The predicted molar refractivity (Wildman–Crippen MR) is 66.9 cm³/mol. The second-order valence-electron chi connectivity index (χ2n) is 3.79. The van der Waals surface area contributed by atoms with Crippen molar-refractivity contribution in [3.8, 4) is 0 Å². The largest absolute Gasteiger partial charge is 0.392 e. The number of carbonyl (C=O) groups is 2. The SMILES string of the molecule is CCC(C)(C(=O)NCCNC(C)=O)C(N)=S. The van der Waals surface area contributed by atoms with Crippen LogP contribution < -0.4 is 16.4 Å². The van der Waals surface area contributed by atoms with Gasteiger partial charge in [-0.3, -0.25) is 9.59 Å². The summed E-state index contributed by atoms with van der Waals surface area (Å²) in [5, 5.41) is 5.27. The van der Waals surface area contributed by atoms with E-state index in [1.807, 2.05) is 6.92 Å². The van der Waals surface area contributed by atoms with Crippen LogP contribution in [0, 0.1) is 5.41 Å². The lowest BCUT2D eigenvalue weighted by molar-refractivity contribution is -0.127. The summed E-state index contributed by atoms with van der Waals surface area (Å²) in [6.45, 7) is 5.76. The number of carbonyl (C=O) groups excluding carboxylic acids is 2. The lowest BCUT2D eigenvalue weighted by atomic mass is 9.86. The van der Waals surface area contributed by atoms with E-state index in [0.717, 1.165) is 0 Å². The molecule has 0 aromatic rings. The van der Waals surface area contributed by atoms with Crippen molar-refractivity contribution in [1.82, 2.24) is 10.6 Å². The summed E-state index contributed by atoms with van der Waals surface area (Å²) in [6.07, 6.45) is 0.550. The van der Waals surface area contributed by atoms with Gasteiger partial charge in [0.15, 0.2) is 0 Å². The molecular weight excluding hydrogens is 226 g/mol. The molecule has 0 rings (SSSR count). The van der Waals surface area contributed by atoms with E-state index in [1.54, 1.807) is 6.92 Å². The van der Waals surface area contributed by atoms with Crippen molar-refractivity contribution < 1.29 is 9.59 Å². The number of hydrogen-bond acceptors (Lipinski definition) is 3. The fraction of sp³-hybridized carbons (Fsp3) is 0.700. The molecule has 0 fully saturated rings. The van der Waals surface area contributed by atoms with E-state index < -0.39 is 5.41 Å². The number of nitrogens with two attached hydrogens (primary N) is 1. The molecule has 0 heterocycles. The topological polar surface area (TPSA) is 84.2 Å². The van der Waals surface area contributed by atoms with Crippen molar-refractivity contribution in [2.24, 2.45) is 11.1 Å². The summed E-state index contributed by atoms with van der Waals surface area (Å²) in [5.74, 6) is -0.324. The Labute approximate surface area is 101 Å². The van der Waals surface area contributed by atoms with E-state index >= 15 is 0 Å². The highest BCUT2D eigenvalue weighted by Crippen LogP contribution is 2.21. The van der Waals surface area contributed by atoms with Crippen LogP contribution in [0.4, 0.5) is 0 Å². The maximum absolute atomic E-state index is 11.8. The lowest BCUT2D eigenvalue weighted by Crippen LogP contribution is -2.48. The van der Waals surface area contributed by atoms with Crippen LogP contribution >= 0.6 is 12.2 Å². The van der Waals surface area contributed by atoms with Gasteiger partial charge in [0.25, 0.3) is 0 Å². The average Bonchev–Trinajstić information content (AvgIpc) is 2.22. The molecule has 1 atom stereocenters. The van der Waals surface area contributed by atoms with Gasteiger partial charge in [0, 0.05) is 20.0 Å². The highest BCUT2D eigenvalue weighted by molar-refractivity contribution is 7.80. The summed E-state index contributed by atoms with van der Waals surface area (Å²) >= 11 is 4.87. The number of nitrogens with one attached hydrogen (secondary N) is 2. The Hall–Kier alpha value is -1.17. The van der Waals surface area contributed by atoms with Crippen molar-refractivity contribution in [2.45, 2.75) is 27.2 Å². The summed E-state index contributed by atoms with van der Waals surface area (Å²) in [5.41, 5.74) is 4.72. The van der Waals surface area contributed by atoms with Crippen LogP contribution in [0.15, 0.2) is 0 Å². The molecule has 0 aromatic heterocycles. The Morgan fingerprint density at radius 3 is 2.19 bits per heavy atom. The van der Waals surface area contributed by atoms with E-state index in [1.165, 1.54) is 6.92 Å². The Kier molecular flexibility index (Phi) is 5.95. The first kappa shape index (κ1) is 14.8. The van der Waals surface area contributed by atoms with E-state index in [9.17, 15) is 9.59 Å². The molecule has 0 saturated heterocycles. The Bertz CT molecular complexity index is 294. The van der Waals surface area contributed by atoms with Crippen LogP contribution in [0.1, 0.15) is 27.2 Å². The maximum Gasteiger partial charge on any atom is 0.232 e. The van der Waals surface area contributed by atoms with Crippen LogP contribution in [0.25, 0.3) is 0 Å². The van der Waals surface area contributed by atoms with Crippen molar-refractivity contribution >= 4 is 29.0 Å². The van der Waals surface area contributed by atoms with Gasteiger partial charge in [0.05, 0.1) is 10.4 Å². The van der Waals surface area contributed by atoms with Gasteiger partial charge in [-0.1, -0.05) is 19.1 Å². The quantitative estimate of drug-likeness (QED) is 0.452. The molecule has 0 spiro atoms. The average molecular weight is 245 g/mol. The fourth-order valence-electron chi connectivity index (χ4n) is 1.06. The molecule has 0 bridgehead atoms. The van der Waals surface area contributed by atoms with Crippen LogP contribution in [0.3, 0.4) is 0 Å². The zero-order valence-corrected chi connectivity index (χ0v) is 10.7. The second kappa shape index (κ2) is 6.42. The van der Waals surface area contributed by atoms with Crippen LogP contribution in [-0.4, -0.2) is 29.9 Å². The Balaban J connectivity index is 4.14. The summed E-state index contributed by atoms with van der Waals surface area (Å²) < 4.78 is 0. The summed E-state index contributed by atoms with van der Waals surface area (Å²) in [7, 11) is 0. The van der Waals surface area contributed by atoms with Crippen LogP contribution in [-0.2, 0) is 9.59 Å². The molecule has 16 heavy (non-hydrogen) atoms. The first-order valence-electron chi connectivity index (χ1n) is 5.17. The maximum atomic E-state index is 11.8. The number of hydrogen-bond donors (Lipinski definition) is 3. The van der Waals surface area contributed by atoms with E-state index in [2.05, 4.69) is 10.6 Å². The van der Waals surface area contributed by atoms with Crippen molar-refractivity contribution in [3.05, 3.63) is 0 Å². The zero-order valence-electron chi connectivity index (χ0n) is 9.92. The molecule has 2 amide bonds. The number of amides is 2. The molecule has 92 valence electrons. The van der Waals surface area contributed by atoms with Crippen LogP contribution in [0.2, 0.25) is 0 Å². The molecule has 5 nitrogen and oxygen atoms in total. The van der Waals surface area contributed by atoms with Gasteiger partial charge >= 0.3 is 0 Å². The molecule has 0 radical (unpaired) electrons. The fourth-order valence-corrected chi connectivity index (χ4v) is 1.29. The van der Waals surface area contributed by atoms with E-state index in [-0.39, 0.29) is 16.8 Å². The predicted octanol–water partition coefficient (Wildman–Crippen LogP) is -0.0589. The third kappa shape index (κ3) is 4.14. The monoisotopic (exact) mass is 245 g/mol. The van der Waals surface area contributed by atoms with Gasteiger partial charge in [-0.25, -0.2) is 0 Å². The van der Waals surface area contributed by atoms with Gasteiger partial charge < -0.3 is 16.4 Å². The minimum atomic E-state index is -0.814. The van der Waals surface area contributed by atoms with Gasteiger partial charge in [-0.05, 0) is 13.3 Å². The lowest BCUT2D eigenvalue weighted by Gasteiger charge is -2.25. The summed E-state index contributed by atoms with van der Waals surface area (Å²) in [4.78, 5) is 22.6. The third-order valence-corrected chi connectivity index (χ3v) is 2.99. The summed E-state index contributed by atoms with van der Waals surface area (Å²) in [6, 6.07) is 0. The molecule has 0 aliphatic carbocycles. The molecule has 0 saturated carbocycles. The van der Waals surface area contributed by atoms with Gasteiger partial charge in [-0.15, -0.1) is 0 Å². The molecule has 6 heteroatoms. The standard InChI is InChI=1S/C10H19N3O2S/c1-4-10(3,8(11)16)9(15)13-6-5-12-7(2)14/h4-6H2,1-3H3,(H2,11,16)(H,12,14)(H,13,15). The van der Waals surface area contributed by atoms with Gasteiger partial charge in [0.2, 0.25) is 11.8 Å². The molecule has 0 aromatic carbocycles. The first-order chi connectivity index (χ1) is 7.34. The Morgan fingerprint density at radius 1 is 1.31 bits per heavy atom. The van der Waals surface area contributed by atoms with Crippen LogP contribution in [0.5, 0.6) is 0 Å². The molecule has 1 unspecified atom stereocenters. The van der Waals surface area contributed by atoms with Crippen molar-refractivity contribution in [1.29, 1.82) is 0 Å². The molecular formula is C10H19N3O2S.